The van der Waals surface area contributed by atoms with Gasteiger partial charge in [-0.05, 0) is 56.3 Å². The van der Waals surface area contributed by atoms with E-state index in [0.29, 0.717) is 19.0 Å². The van der Waals surface area contributed by atoms with Crippen molar-refractivity contribution in [3.63, 3.8) is 0 Å². The molecule has 1 spiro atoms. The number of thioether (sulfide) groups is 1. The monoisotopic (exact) mass is 528 g/mol. The van der Waals surface area contributed by atoms with Gasteiger partial charge >= 0.3 is 0 Å². The molecule has 0 radical (unpaired) electrons. The fourth-order valence-electron chi connectivity index (χ4n) is 5.72. The maximum atomic E-state index is 14.4. The maximum Gasteiger partial charge on any atom is 0.269 e. The van der Waals surface area contributed by atoms with Crippen LogP contribution < -0.4 is 19.4 Å². The van der Waals surface area contributed by atoms with Crippen molar-refractivity contribution in [3.05, 3.63) is 84.4 Å². The van der Waals surface area contributed by atoms with Crippen LogP contribution in [0.3, 0.4) is 0 Å². The van der Waals surface area contributed by atoms with E-state index in [-0.39, 0.29) is 17.1 Å². The Morgan fingerprint density at radius 2 is 1.55 bits per heavy atom. The Bertz CT molecular complexity index is 1330. The van der Waals surface area contributed by atoms with E-state index < -0.39 is 4.87 Å². The van der Waals surface area contributed by atoms with Gasteiger partial charge in [0.2, 0.25) is 10.8 Å². The lowest BCUT2D eigenvalue weighted by molar-refractivity contribution is -0.124. The van der Waals surface area contributed by atoms with Crippen LogP contribution in [0, 0.1) is 0 Å². The van der Waals surface area contributed by atoms with Crippen molar-refractivity contribution >= 4 is 40.6 Å². The molecule has 38 heavy (non-hydrogen) atoms. The molecular formula is C30H32N4O3S. The standard InChI is InChI=1S/C30H32N4O3S/c1-3-37-25-15-13-24(14-16-25)34-28(35)22(2)38-30(34)26-11-7-8-12-27(26)33(29(30)36)21-31-17-19-32(20-18-31)23-9-5-4-6-10-23/h4-16,22H,3,17-21H2,1-2H3/t22-,30+/m0/s1. The highest BCUT2D eigenvalue weighted by Crippen LogP contribution is 2.57. The molecule has 7 nitrogen and oxygen atoms in total. The molecule has 0 aromatic heterocycles. The van der Waals surface area contributed by atoms with E-state index in [9.17, 15) is 9.59 Å². The lowest BCUT2D eigenvalue weighted by Gasteiger charge is -2.38. The molecule has 0 bridgehead atoms. The third kappa shape index (κ3) is 4.03. The molecule has 3 aromatic rings. The maximum absolute atomic E-state index is 14.4. The van der Waals surface area contributed by atoms with Gasteiger partial charge < -0.3 is 9.64 Å². The second kappa shape index (κ2) is 10.0. The number of para-hydroxylation sites is 2. The van der Waals surface area contributed by atoms with Crippen LogP contribution in [0.15, 0.2) is 78.9 Å². The second-order valence-corrected chi connectivity index (χ2v) is 11.4. The van der Waals surface area contributed by atoms with E-state index in [1.54, 1.807) is 4.90 Å². The fourth-order valence-corrected chi connectivity index (χ4v) is 7.25. The number of piperazine rings is 1. The largest absolute Gasteiger partial charge is 0.494 e. The first kappa shape index (κ1) is 24.8. The molecule has 3 heterocycles. The Hall–Kier alpha value is -3.49. The van der Waals surface area contributed by atoms with Gasteiger partial charge in [0.25, 0.3) is 5.91 Å². The number of fused-ring (bicyclic) bond motifs is 2. The Kier molecular flexibility index (Phi) is 6.53. The molecule has 2 fully saturated rings. The van der Waals surface area contributed by atoms with Crippen molar-refractivity contribution in [3.8, 4) is 5.75 Å². The quantitative estimate of drug-likeness (QED) is 0.469. The Labute approximate surface area is 228 Å². The molecule has 8 heteroatoms. The third-order valence-electron chi connectivity index (χ3n) is 7.57. The fraction of sp³-hybridized carbons (Fsp3) is 0.333. The molecule has 196 valence electrons. The number of anilines is 3. The first-order chi connectivity index (χ1) is 18.5. The molecule has 3 aliphatic heterocycles. The van der Waals surface area contributed by atoms with Gasteiger partial charge in [0, 0.05) is 43.1 Å². The topological polar surface area (TPSA) is 56.3 Å². The van der Waals surface area contributed by atoms with Gasteiger partial charge in [-0.15, -0.1) is 11.8 Å². The van der Waals surface area contributed by atoms with Crippen molar-refractivity contribution in [2.24, 2.45) is 0 Å². The zero-order valence-electron chi connectivity index (χ0n) is 21.7. The summed E-state index contributed by atoms with van der Waals surface area (Å²) in [6.45, 7) is 8.43. The summed E-state index contributed by atoms with van der Waals surface area (Å²) in [4.78, 5) is 35.2. The predicted molar refractivity (Wildman–Crippen MR) is 153 cm³/mol. The van der Waals surface area contributed by atoms with Crippen molar-refractivity contribution in [2.75, 3.05) is 54.2 Å². The summed E-state index contributed by atoms with van der Waals surface area (Å²) in [6, 6.07) is 25.9. The lowest BCUT2D eigenvalue weighted by Crippen LogP contribution is -2.54. The molecule has 6 rings (SSSR count). The predicted octanol–water partition coefficient (Wildman–Crippen LogP) is 4.53. The number of benzene rings is 3. The zero-order chi connectivity index (χ0) is 26.3. The second-order valence-electron chi connectivity index (χ2n) is 9.84. The molecular weight excluding hydrogens is 496 g/mol. The molecule has 3 aliphatic rings. The third-order valence-corrected chi connectivity index (χ3v) is 9.04. The normalized spacial score (nSPS) is 23.4. The van der Waals surface area contributed by atoms with Crippen LogP contribution in [0.5, 0.6) is 5.75 Å². The molecule has 2 amide bonds. The van der Waals surface area contributed by atoms with Gasteiger partial charge in [-0.25, -0.2) is 0 Å². The van der Waals surface area contributed by atoms with Crippen LogP contribution in [0.4, 0.5) is 17.1 Å². The first-order valence-electron chi connectivity index (χ1n) is 13.2. The van der Waals surface area contributed by atoms with Crippen LogP contribution in [-0.2, 0) is 14.5 Å². The molecule has 0 N–H and O–H groups in total. The van der Waals surface area contributed by atoms with Gasteiger partial charge in [0.15, 0.2) is 0 Å². The molecule has 2 atom stereocenters. The van der Waals surface area contributed by atoms with Crippen LogP contribution in [0.2, 0.25) is 0 Å². The minimum atomic E-state index is -1.12. The van der Waals surface area contributed by atoms with E-state index in [1.807, 2.05) is 73.3 Å². The highest BCUT2D eigenvalue weighted by molar-refractivity contribution is 8.03. The number of hydrogen-bond acceptors (Lipinski definition) is 6. The summed E-state index contributed by atoms with van der Waals surface area (Å²) < 4.78 is 5.61. The van der Waals surface area contributed by atoms with Crippen molar-refractivity contribution in [1.82, 2.24) is 4.90 Å². The summed E-state index contributed by atoms with van der Waals surface area (Å²) in [7, 11) is 0. The van der Waals surface area contributed by atoms with Gasteiger partial charge in [-0.2, -0.15) is 0 Å². The summed E-state index contributed by atoms with van der Waals surface area (Å²) in [5, 5.41) is -0.340. The highest BCUT2D eigenvalue weighted by atomic mass is 32.2. The minimum Gasteiger partial charge on any atom is -0.494 e. The van der Waals surface area contributed by atoms with Crippen LogP contribution in [-0.4, -0.2) is 61.4 Å². The molecule has 2 saturated heterocycles. The molecule has 0 aliphatic carbocycles. The van der Waals surface area contributed by atoms with Crippen molar-refractivity contribution in [2.45, 2.75) is 24.0 Å². The number of ether oxygens (including phenoxy) is 1. The van der Waals surface area contributed by atoms with Crippen LogP contribution >= 0.6 is 11.8 Å². The molecule has 0 saturated carbocycles. The number of hydrogen-bond donors (Lipinski definition) is 0. The number of amides is 2. The molecule has 0 unspecified atom stereocenters. The van der Waals surface area contributed by atoms with E-state index in [2.05, 4.69) is 34.1 Å². The van der Waals surface area contributed by atoms with Gasteiger partial charge in [0.1, 0.15) is 5.75 Å². The minimum absolute atomic E-state index is 0.0548. The van der Waals surface area contributed by atoms with Gasteiger partial charge in [-0.3, -0.25) is 24.3 Å². The zero-order valence-corrected chi connectivity index (χ0v) is 22.6. The Morgan fingerprint density at radius 1 is 0.868 bits per heavy atom. The summed E-state index contributed by atoms with van der Waals surface area (Å²) in [5.41, 5.74) is 3.70. The highest BCUT2D eigenvalue weighted by Gasteiger charge is 2.63. The van der Waals surface area contributed by atoms with Crippen molar-refractivity contribution in [1.29, 1.82) is 0 Å². The SMILES string of the molecule is CCOc1ccc(N2C(=O)[C@H](C)S[C@]23C(=O)N(CN2CCN(c4ccccc4)CC2)c2ccccc23)cc1. The van der Waals surface area contributed by atoms with E-state index in [4.69, 9.17) is 4.74 Å². The number of nitrogens with zero attached hydrogens (tertiary/aromatic N) is 4. The van der Waals surface area contributed by atoms with Crippen molar-refractivity contribution < 1.29 is 14.3 Å². The first-order valence-corrected chi connectivity index (χ1v) is 14.1. The van der Waals surface area contributed by atoms with E-state index in [0.717, 1.165) is 43.2 Å². The average molecular weight is 529 g/mol. The number of carbonyl (C=O) groups excluding carboxylic acids is 2. The Balaban J connectivity index is 1.29. The summed E-state index contributed by atoms with van der Waals surface area (Å²) in [6.07, 6.45) is 0. The van der Waals surface area contributed by atoms with E-state index >= 15 is 0 Å². The van der Waals surface area contributed by atoms with Crippen LogP contribution in [0.25, 0.3) is 0 Å². The summed E-state index contributed by atoms with van der Waals surface area (Å²) in [5.74, 6) is 0.633. The molecule has 3 aromatic carbocycles. The van der Waals surface area contributed by atoms with Gasteiger partial charge in [0.05, 0.1) is 24.2 Å². The van der Waals surface area contributed by atoms with Crippen LogP contribution in [0.1, 0.15) is 19.4 Å². The smallest absolute Gasteiger partial charge is 0.269 e. The average Bonchev–Trinajstić information content (AvgIpc) is 3.35. The summed E-state index contributed by atoms with van der Waals surface area (Å²) >= 11 is 1.44. The Morgan fingerprint density at radius 3 is 2.26 bits per heavy atom. The number of rotatable bonds is 6. The lowest BCUT2D eigenvalue weighted by atomic mass is 10.0. The van der Waals surface area contributed by atoms with E-state index in [1.165, 1.54) is 17.4 Å². The van der Waals surface area contributed by atoms with Gasteiger partial charge in [-0.1, -0.05) is 36.4 Å². The number of carbonyl (C=O) groups is 2.